The summed E-state index contributed by atoms with van der Waals surface area (Å²) in [6.45, 7) is 1.27. The maximum Gasteiger partial charge on any atom is 0.328 e. The van der Waals surface area contributed by atoms with Gasteiger partial charge in [0.2, 0.25) is 0 Å². The molecule has 5 N–H and O–H groups in total. The van der Waals surface area contributed by atoms with Gasteiger partial charge in [-0.15, -0.1) is 0 Å². The number of nitrogens with one attached hydrogen (secondary N) is 1. The normalized spacial score (nSPS) is 31.9. The third-order valence-electron chi connectivity index (χ3n) is 6.19. The molecule has 0 spiro atoms. The Morgan fingerprint density at radius 3 is 2.61 bits per heavy atom. The number of hydrogen-bond donors (Lipinski definition) is 4. The van der Waals surface area contributed by atoms with E-state index in [1.165, 1.54) is 9.47 Å². The molecule has 3 aliphatic rings. The smallest absolute Gasteiger partial charge is 0.328 e. The number of likely N-dealkylation sites (tertiary alicyclic amines) is 1. The van der Waals surface area contributed by atoms with Crippen molar-refractivity contribution in [3.8, 4) is 0 Å². The molecule has 1 saturated heterocycles. The Morgan fingerprint density at radius 1 is 1.32 bits per heavy atom. The van der Waals surface area contributed by atoms with E-state index in [9.17, 15) is 24.2 Å². The summed E-state index contributed by atoms with van der Waals surface area (Å²) >= 11 is 0. The minimum absolute atomic E-state index is 0.0989. The molecule has 4 rings (SSSR count). The van der Waals surface area contributed by atoms with Crippen LogP contribution >= 0.6 is 0 Å². The summed E-state index contributed by atoms with van der Waals surface area (Å²) in [6.07, 6.45) is 0.161. The van der Waals surface area contributed by atoms with Gasteiger partial charge in [0.1, 0.15) is 11.7 Å². The lowest BCUT2D eigenvalue weighted by molar-refractivity contribution is 0.180. The van der Waals surface area contributed by atoms with E-state index in [-0.39, 0.29) is 37.0 Å². The molecule has 1 saturated carbocycles. The number of aromatic amines is 1. The maximum atomic E-state index is 15.1. The van der Waals surface area contributed by atoms with E-state index >= 15 is 4.39 Å². The Balaban J connectivity index is 1.79. The zero-order chi connectivity index (χ0) is 20.3. The number of alkyl halides is 1. The molecule has 1 aliphatic heterocycles. The zero-order valence-electron chi connectivity index (χ0n) is 15.4. The molecule has 0 amide bonds. The Kier molecular flexibility index (Phi) is 4.67. The second-order valence-electron chi connectivity index (χ2n) is 8.03. The number of aliphatic hydroxyl groups is 2. The topological polar surface area (TPSA) is 125 Å². The van der Waals surface area contributed by atoms with Crippen molar-refractivity contribution in [2.24, 2.45) is 11.7 Å². The third-order valence-corrected chi connectivity index (χ3v) is 6.19. The highest BCUT2D eigenvalue weighted by Crippen LogP contribution is 2.44. The molecule has 2 heterocycles. The number of rotatable bonds is 4. The van der Waals surface area contributed by atoms with E-state index in [1.54, 1.807) is 6.92 Å². The lowest BCUT2D eigenvalue weighted by Gasteiger charge is -2.36. The highest BCUT2D eigenvalue weighted by molar-refractivity contribution is 5.66. The predicted octanol–water partition coefficient (Wildman–Crippen LogP) is 0.143. The van der Waals surface area contributed by atoms with Gasteiger partial charge in [-0.25, -0.2) is 13.6 Å². The molecule has 2 fully saturated rings. The molecule has 8 nitrogen and oxygen atoms in total. The molecule has 154 valence electrons. The average Bonchev–Trinajstić information content (AvgIpc) is 3.40. The number of hydrogen-bond acceptors (Lipinski definition) is 6. The number of aromatic nitrogens is 2. The van der Waals surface area contributed by atoms with Crippen molar-refractivity contribution in [3.05, 3.63) is 37.9 Å². The fraction of sp³-hybridized carbons (Fsp3) is 0.667. The van der Waals surface area contributed by atoms with E-state index in [2.05, 4.69) is 4.98 Å². The van der Waals surface area contributed by atoms with Crippen molar-refractivity contribution < 1.29 is 19.0 Å². The van der Waals surface area contributed by atoms with Crippen molar-refractivity contribution in [3.63, 3.8) is 0 Å². The van der Waals surface area contributed by atoms with Crippen LogP contribution in [0.4, 0.5) is 8.78 Å². The summed E-state index contributed by atoms with van der Waals surface area (Å²) in [7, 11) is 0. The van der Waals surface area contributed by atoms with Gasteiger partial charge in [-0.3, -0.25) is 19.2 Å². The number of halogens is 2. The minimum Gasteiger partial charge on any atom is -0.504 e. The van der Waals surface area contributed by atoms with Crippen LogP contribution in [0, 0.1) is 5.92 Å². The maximum absolute atomic E-state index is 15.1. The zero-order valence-corrected chi connectivity index (χ0v) is 15.4. The van der Waals surface area contributed by atoms with Gasteiger partial charge < -0.3 is 15.9 Å². The first-order valence-corrected chi connectivity index (χ1v) is 9.48. The van der Waals surface area contributed by atoms with Gasteiger partial charge in [-0.1, -0.05) is 6.92 Å². The Bertz CT molecular complexity index is 938. The van der Waals surface area contributed by atoms with Gasteiger partial charge in [-0.05, 0) is 12.8 Å². The molecule has 1 aromatic heterocycles. The molecule has 2 aliphatic carbocycles. The van der Waals surface area contributed by atoms with Crippen LogP contribution in [0.1, 0.15) is 43.0 Å². The summed E-state index contributed by atoms with van der Waals surface area (Å²) in [5.74, 6) is -3.05. The first-order valence-electron chi connectivity index (χ1n) is 9.48. The Morgan fingerprint density at radius 2 is 2.00 bits per heavy atom. The molecule has 5 unspecified atom stereocenters. The number of nitrogens with two attached hydrogens (primary N) is 1. The quantitative estimate of drug-likeness (QED) is 0.572. The molecule has 5 atom stereocenters. The van der Waals surface area contributed by atoms with Gasteiger partial charge in [0, 0.05) is 42.7 Å². The standard InChI is InChI=1S/C18H24F2N4O4/c1-7-14-12(17(27)22-18(28)24(14)8-2-3-8)16(26)13(20)15(7)23-4-9(10(19)5-23)11(21)6-25/h7-11,15,25-26H,2-6,21H2,1H3,(H,22,27,28). The van der Waals surface area contributed by atoms with Gasteiger partial charge in [0.15, 0.2) is 11.6 Å². The van der Waals surface area contributed by atoms with Crippen molar-refractivity contribution in [1.82, 2.24) is 14.5 Å². The molecular formula is C18H24F2N4O4. The number of H-pyrrole nitrogens is 1. The molecule has 28 heavy (non-hydrogen) atoms. The molecule has 0 aromatic carbocycles. The van der Waals surface area contributed by atoms with E-state index in [1.807, 2.05) is 0 Å². The SMILES string of the molecule is CC1c2c(c(=O)[nH]c(=O)n2C2CC2)C(O)=C(F)C1N1CC(F)C(C(N)CO)C1. The second kappa shape index (κ2) is 6.78. The van der Waals surface area contributed by atoms with Crippen molar-refractivity contribution in [2.75, 3.05) is 19.7 Å². The summed E-state index contributed by atoms with van der Waals surface area (Å²) in [6, 6.07) is -1.90. The molecule has 0 radical (unpaired) electrons. The summed E-state index contributed by atoms with van der Waals surface area (Å²) < 4.78 is 31.0. The van der Waals surface area contributed by atoms with Crippen LogP contribution in [0.15, 0.2) is 15.4 Å². The van der Waals surface area contributed by atoms with Crippen LogP contribution in [0.3, 0.4) is 0 Å². The first kappa shape index (κ1) is 19.3. The van der Waals surface area contributed by atoms with Crippen LogP contribution in [0.5, 0.6) is 0 Å². The number of aliphatic hydroxyl groups excluding tert-OH is 2. The third kappa shape index (κ3) is 2.82. The highest BCUT2D eigenvalue weighted by atomic mass is 19.1. The summed E-state index contributed by atoms with van der Waals surface area (Å²) in [4.78, 5) is 28.4. The monoisotopic (exact) mass is 398 g/mol. The van der Waals surface area contributed by atoms with Crippen LogP contribution in [0.25, 0.3) is 5.76 Å². The van der Waals surface area contributed by atoms with E-state index < -0.39 is 52.9 Å². The van der Waals surface area contributed by atoms with E-state index in [0.717, 1.165) is 12.8 Å². The van der Waals surface area contributed by atoms with Crippen molar-refractivity contribution in [2.45, 2.75) is 50.0 Å². The lowest BCUT2D eigenvalue weighted by atomic mass is 9.85. The summed E-state index contributed by atoms with van der Waals surface area (Å²) in [5.41, 5.74) is 4.42. The fourth-order valence-electron chi connectivity index (χ4n) is 4.63. The summed E-state index contributed by atoms with van der Waals surface area (Å²) in [5, 5.41) is 19.7. The largest absolute Gasteiger partial charge is 0.504 e. The van der Waals surface area contributed by atoms with Crippen LogP contribution in [-0.4, -0.2) is 62.6 Å². The van der Waals surface area contributed by atoms with Crippen LogP contribution in [-0.2, 0) is 0 Å². The molecule has 0 bridgehead atoms. The van der Waals surface area contributed by atoms with Gasteiger partial charge >= 0.3 is 5.69 Å². The fourth-order valence-corrected chi connectivity index (χ4v) is 4.63. The highest BCUT2D eigenvalue weighted by Gasteiger charge is 2.47. The lowest BCUT2D eigenvalue weighted by Crippen LogP contribution is -2.46. The average molecular weight is 398 g/mol. The Hall–Kier alpha value is -2.04. The predicted molar refractivity (Wildman–Crippen MR) is 97.5 cm³/mol. The Labute approximate surface area is 159 Å². The molecule has 1 aromatic rings. The van der Waals surface area contributed by atoms with Gasteiger partial charge in [0.25, 0.3) is 5.56 Å². The van der Waals surface area contributed by atoms with Gasteiger partial charge in [-0.2, -0.15) is 0 Å². The van der Waals surface area contributed by atoms with E-state index in [4.69, 9.17) is 5.73 Å². The second-order valence-corrected chi connectivity index (χ2v) is 8.03. The number of fused-ring (bicyclic) bond motifs is 1. The van der Waals surface area contributed by atoms with Crippen molar-refractivity contribution >= 4 is 5.76 Å². The van der Waals surface area contributed by atoms with Crippen LogP contribution in [0.2, 0.25) is 0 Å². The molecule has 10 heteroatoms. The van der Waals surface area contributed by atoms with Gasteiger partial charge in [0.05, 0.1) is 12.6 Å². The van der Waals surface area contributed by atoms with E-state index in [0.29, 0.717) is 0 Å². The number of nitrogens with zero attached hydrogens (tertiary/aromatic N) is 2. The first-order chi connectivity index (χ1) is 13.3. The minimum atomic E-state index is -1.35. The van der Waals surface area contributed by atoms with Crippen molar-refractivity contribution in [1.29, 1.82) is 0 Å². The molecular weight excluding hydrogens is 374 g/mol. The van der Waals surface area contributed by atoms with Crippen LogP contribution < -0.4 is 17.0 Å².